The fourth-order valence-electron chi connectivity index (χ4n) is 1.09. The quantitative estimate of drug-likeness (QED) is 0.630. The van der Waals surface area contributed by atoms with E-state index < -0.39 is 5.60 Å². The number of hydrogen-bond donors (Lipinski definition) is 3. The van der Waals surface area contributed by atoms with Crippen molar-refractivity contribution in [2.75, 3.05) is 6.61 Å². The molecule has 0 saturated heterocycles. The van der Waals surface area contributed by atoms with Crippen LogP contribution < -0.4 is 5.73 Å². The third-order valence-corrected chi connectivity index (χ3v) is 2.12. The zero-order valence-corrected chi connectivity index (χ0v) is 7.70. The Morgan fingerprint density at radius 2 is 1.85 bits per heavy atom. The maximum Gasteiger partial charge on any atom is 0.110 e. The van der Waals surface area contributed by atoms with E-state index in [1.807, 2.05) is 12.1 Å². The van der Waals surface area contributed by atoms with Gasteiger partial charge in [0.25, 0.3) is 0 Å². The molecule has 0 aliphatic rings. The van der Waals surface area contributed by atoms with Gasteiger partial charge in [-0.05, 0) is 18.1 Å². The SMILES string of the molecule is CC(O)(CO)c1ccc(CN)cc1. The van der Waals surface area contributed by atoms with Gasteiger partial charge in [0, 0.05) is 6.54 Å². The first-order valence-electron chi connectivity index (χ1n) is 4.23. The van der Waals surface area contributed by atoms with Gasteiger partial charge in [-0.3, -0.25) is 0 Å². The van der Waals surface area contributed by atoms with Gasteiger partial charge in [0.2, 0.25) is 0 Å². The van der Waals surface area contributed by atoms with Crippen molar-refractivity contribution in [1.29, 1.82) is 0 Å². The molecule has 0 bridgehead atoms. The lowest BCUT2D eigenvalue weighted by molar-refractivity contribution is -0.00229. The molecule has 0 heterocycles. The predicted molar refractivity (Wildman–Crippen MR) is 51.0 cm³/mol. The van der Waals surface area contributed by atoms with Gasteiger partial charge in [-0.1, -0.05) is 24.3 Å². The highest BCUT2D eigenvalue weighted by molar-refractivity contribution is 5.26. The average molecular weight is 181 g/mol. The van der Waals surface area contributed by atoms with Gasteiger partial charge >= 0.3 is 0 Å². The van der Waals surface area contributed by atoms with Crippen molar-refractivity contribution >= 4 is 0 Å². The molecule has 1 unspecified atom stereocenters. The number of nitrogens with two attached hydrogens (primary N) is 1. The maximum atomic E-state index is 9.68. The Labute approximate surface area is 77.8 Å². The molecule has 0 aliphatic heterocycles. The lowest BCUT2D eigenvalue weighted by Gasteiger charge is -2.20. The minimum absolute atomic E-state index is 0.283. The molecule has 0 amide bonds. The molecule has 1 aromatic rings. The highest BCUT2D eigenvalue weighted by Gasteiger charge is 2.20. The second-order valence-electron chi connectivity index (χ2n) is 3.33. The van der Waals surface area contributed by atoms with E-state index in [0.717, 1.165) is 5.56 Å². The van der Waals surface area contributed by atoms with Crippen molar-refractivity contribution in [1.82, 2.24) is 0 Å². The Morgan fingerprint density at radius 1 is 1.31 bits per heavy atom. The Kier molecular flexibility index (Phi) is 3.03. The van der Waals surface area contributed by atoms with Gasteiger partial charge in [0.1, 0.15) is 5.60 Å². The van der Waals surface area contributed by atoms with Crippen LogP contribution in [0.2, 0.25) is 0 Å². The zero-order valence-electron chi connectivity index (χ0n) is 7.70. The molecule has 72 valence electrons. The highest BCUT2D eigenvalue weighted by atomic mass is 16.3. The van der Waals surface area contributed by atoms with E-state index in [2.05, 4.69) is 0 Å². The Hall–Kier alpha value is -0.900. The second-order valence-corrected chi connectivity index (χ2v) is 3.33. The minimum atomic E-state index is -1.16. The summed E-state index contributed by atoms with van der Waals surface area (Å²) in [7, 11) is 0. The summed E-state index contributed by atoms with van der Waals surface area (Å²) in [6, 6.07) is 7.25. The minimum Gasteiger partial charge on any atom is -0.393 e. The molecule has 0 aliphatic carbocycles. The fraction of sp³-hybridized carbons (Fsp3) is 0.400. The number of hydrogen-bond acceptors (Lipinski definition) is 3. The van der Waals surface area contributed by atoms with Crippen molar-refractivity contribution in [3.05, 3.63) is 35.4 Å². The molecular weight excluding hydrogens is 166 g/mol. The molecular formula is C10H15NO2. The molecule has 13 heavy (non-hydrogen) atoms. The molecule has 3 heteroatoms. The van der Waals surface area contributed by atoms with Crippen LogP contribution in [0.15, 0.2) is 24.3 Å². The highest BCUT2D eigenvalue weighted by Crippen LogP contribution is 2.19. The second kappa shape index (κ2) is 3.87. The van der Waals surface area contributed by atoms with Crippen molar-refractivity contribution in [3.8, 4) is 0 Å². The molecule has 3 nitrogen and oxygen atoms in total. The van der Waals surface area contributed by atoms with Gasteiger partial charge < -0.3 is 15.9 Å². The van der Waals surface area contributed by atoms with Crippen LogP contribution in [0.5, 0.6) is 0 Å². The Balaban J connectivity index is 2.92. The fourth-order valence-corrected chi connectivity index (χ4v) is 1.09. The summed E-state index contributed by atoms with van der Waals surface area (Å²) < 4.78 is 0. The normalized spacial score (nSPS) is 15.4. The molecule has 0 fully saturated rings. The zero-order chi connectivity index (χ0) is 9.90. The van der Waals surface area contributed by atoms with Gasteiger partial charge in [0.05, 0.1) is 6.61 Å². The summed E-state index contributed by atoms with van der Waals surface area (Å²) in [4.78, 5) is 0. The van der Waals surface area contributed by atoms with Crippen molar-refractivity contribution in [2.24, 2.45) is 5.73 Å². The van der Waals surface area contributed by atoms with Gasteiger partial charge in [-0.2, -0.15) is 0 Å². The summed E-state index contributed by atoms with van der Waals surface area (Å²) in [5.41, 5.74) is 5.98. The summed E-state index contributed by atoms with van der Waals surface area (Å²) in [5, 5.41) is 18.6. The van der Waals surface area contributed by atoms with E-state index in [1.165, 1.54) is 0 Å². The first kappa shape index (κ1) is 10.2. The monoisotopic (exact) mass is 181 g/mol. The van der Waals surface area contributed by atoms with E-state index >= 15 is 0 Å². The number of aliphatic hydroxyl groups excluding tert-OH is 1. The Morgan fingerprint density at radius 3 is 2.23 bits per heavy atom. The first-order chi connectivity index (χ1) is 6.10. The number of aliphatic hydroxyl groups is 2. The van der Waals surface area contributed by atoms with E-state index in [9.17, 15) is 5.11 Å². The van der Waals surface area contributed by atoms with Crippen LogP contribution in [0.4, 0.5) is 0 Å². The van der Waals surface area contributed by atoms with Crippen LogP contribution in [0.25, 0.3) is 0 Å². The molecule has 0 radical (unpaired) electrons. The maximum absolute atomic E-state index is 9.68. The van der Waals surface area contributed by atoms with E-state index in [4.69, 9.17) is 10.8 Å². The van der Waals surface area contributed by atoms with Crippen molar-refractivity contribution in [3.63, 3.8) is 0 Å². The van der Waals surface area contributed by atoms with Gasteiger partial charge in [0.15, 0.2) is 0 Å². The van der Waals surface area contributed by atoms with Crippen molar-refractivity contribution < 1.29 is 10.2 Å². The van der Waals surface area contributed by atoms with Crippen molar-refractivity contribution in [2.45, 2.75) is 19.1 Å². The molecule has 1 aromatic carbocycles. The predicted octanol–water partition coefficient (Wildman–Crippen LogP) is 0.345. The summed E-state index contributed by atoms with van der Waals surface area (Å²) in [5.74, 6) is 0. The van der Waals surface area contributed by atoms with E-state index in [0.29, 0.717) is 12.1 Å². The number of rotatable bonds is 3. The first-order valence-corrected chi connectivity index (χ1v) is 4.23. The summed E-state index contributed by atoms with van der Waals surface area (Å²) in [6.45, 7) is 1.78. The van der Waals surface area contributed by atoms with E-state index in [-0.39, 0.29) is 6.61 Å². The Bertz CT molecular complexity index is 267. The smallest absolute Gasteiger partial charge is 0.110 e. The standard InChI is InChI=1S/C10H15NO2/c1-10(13,7-12)9-4-2-8(6-11)3-5-9/h2-5,12-13H,6-7,11H2,1H3. The van der Waals surface area contributed by atoms with Crippen LogP contribution in [-0.2, 0) is 12.1 Å². The van der Waals surface area contributed by atoms with Crippen LogP contribution in [0.3, 0.4) is 0 Å². The molecule has 1 atom stereocenters. The summed E-state index contributed by atoms with van der Waals surface area (Å²) in [6.07, 6.45) is 0. The van der Waals surface area contributed by atoms with Crippen LogP contribution >= 0.6 is 0 Å². The van der Waals surface area contributed by atoms with Crippen LogP contribution in [0, 0.1) is 0 Å². The molecule has 0 spiro atoms. The molecule has 0 aromatic heterocycles. The van der Waals surface area contributed by atoms with E-state index in [1.54, 1.807) is 19.1 Å². The average Bonchev–Trinajstić information content (AvgIpc) is 2.18. The van der Waals surface area contributed by atoms with Gasteiger partial charge in [-0.15, -0.1) is 0 Å². The molecule has 4 N–H and O–H groups in total. The molecule has 0 saturated carbocycles. The van der Waals surface area contributed by atoms with Gasteiger partial charge in [-0.25, -0.2) is 0 Å². The summed E-state index contributed by atoms with van der Waals surface area (Å²) >= 11 is 0. The lowest BCUT2D eigenvalue weighted by Crippen LogP contribution is -2.25. The topological polar surface area (TPSA) is 66.5 Å². The number of benzene rings is 1. The van der Waals surface area contributed by atoms with Crippen LogP contribution in [-0.4, -0.2) is 16.8 Å². The third kappa shape index (κ3) is 2.28. The third-order valence-electron chi connectivity index (χ3n) is 2.12. The molecule has 1 rings (SSSR count). The largest absolute Gasteiger partial charge is 0.393 e. The van der Waals surface area contributed by atoms with Crippen LogP contribution in [0.1, 0.15) is 18.1 Å². The lowest BCUT2D eigenvalue weighted by atomic mass is 9.96.